The minimum Gasteiger partial charge on any atom is -0.507 e. The molecule has 1 aromatic carbocycles. The van der Waals surface area contributed by atoms with E-state index in [1.807, 2.05) is 0 Å². The fourth-order valence-corrected chi connectivity index (χ4v) is 1.48. The number of hydrogen-bond donors (Lipinski definition) is 2. The number of phenolic OH excluding ortho intramolecular Hbond substituents is 1. The maximum atomic E-state index is 11.2. The monoisotopic (exact) mass is 237 g/mol. The van der Waals surface area contributed by atoms with Gasteiger partial charge in [0.15, 0.2) is 5.78 Å². The first-order valence-corrected chi connectivity index (χ1v) is 5.12. The Labute approximate surface area is 99.2 Å². The Hall–Kier alpha value is -1.88. The Morgan fingerprint density at radius 1 is 1.47 bits per heavy atom. The number of esters is 1. The van der Waals surface area contributed by atoms with Gasteiger partial charge in [-0.2, -0.15) is 0 Å². The number of nitrogens with two attached hydrogens (primary N) is 1. The van der Waals surface area contributed by atoms with Crippen LogP contribution in [0.3, 0.4) is 0 Å². The molecular weight excluding hydrogens is 222 g/mol. The van der Waals surface area contributed by atoms with Crippen molar-refractivity contribution in [2.45, 2.75) is 19.4 Å². The maximum absolute atomic E-state index is 11.2. The van der Waals surface area contributed by atoms with E-state index >= 15 is 0 Å². The standard InChI is InChI=1S/C12H15NO4/c1-7(14)9-5-8(3-4-11(9)15)6-10(13)12(16)17-2/h3-5,10,15H,6,13H2,1-2H3. The Kier molecular flexibility index (Phi) is 4.23. The number of benzene rings is 1. The van der Waals surface area contributed by atoms with Crippen LogP contribution in [-0.4, -0.2) is 30.0 Å². The van der Waals surface area contributed by atoms with Crippen LogP contribution in [0.5, 0.6) is 5.75 Å². The number of ether oxygens (including phenoxy) is 1. The predicted molar refractivity (Wildman–Crippen MR) is 61.8 cm³/mol. The van der Waals surface area contributed by atoms with E-state index in [0.29, 0.717) is 5.56 Å². The number of aromatic hydroxyl groups is 1. The predicted octanol–water partition coefficient (Wildman–Crippen LogP) is 0.638. The first-order chi connectivity index (χ1) is 7.95. The van der Waals surface area contributed by atoms with E-state index in [2.05, 4.69) is 4.74 Å². The summed E-state index contributed by atoms with van der Waals surface area (Å²) in [7, 11) is 1.26. The molecule has 0 radical (unpaired) electrons. The minimum absolute atomic E-state index is 0.0760. The van der Waals surface area contributed by atoms with E-state index < -0.39 is 12.0 Å². The summed E-state index contributed by atoms with van der Waals surface area (Å²) in [6, 6.07) is 3.78. The summed E-state index contributed by atoms with van der Waals surface area (Å²) in [4.78, 5) is 22.3. The molecule has 1 aromatic rings. The number of Topliss-reactive ketones (excluding diaryl/α,β-unsaturated/α-hetero) is 1. The Morgan fingerprint density at radius 2 is 2.12 bits per heavy atom. The lowest BCUT2D eigenvalue weighted by molar-refractivity contribution is -0.142. The topological polar surface area (TPSA) is 89.6 Å². The van der Waals surface area contributed by atoms with Crippen LogP contribution in [0.4, 0.5) is 0 Å². The fraction of sp³-hybridized carbons (Fsp3) is 0.333. The zero-order chi connectivity index (χ0) is 13.0. The van der Waals surface area contributed by atoms with Crippen LogP contribution in [0.25, 0.3) is 0 Å². The average molecular weight is 237 g/mol. The Bertz CT molecular complexity index is 442. The van der Waals surface area contributed by atoms with Gasteiger partial charge >= 0.3 is 5.97 Å². The molecule has 0 heterocycles. The molecule has 0 aliphatic carbocycles. The lowest BCUT2D eigenvalue weighted by atomic mass is 10.0. The SMILES string of the molecule is COC(=O)C(N)Cc1ccc(O)c(C(C)=O)c1. The molecule has 17 heavy (non-hydrogen) atoms. The first kappa shape index (κ1) is 13.2. The van der Waals surface area contributed by atoms with Gasteiger partial charge in [0, 0.05) is 0 Å². The highest BCUT2D eigenvalue weighted by molar-refractivity contribution is 5.96. The Balaban J connectivity index is 2.90. The van der Waals surface area contributed by atoms with Gasteiger partial charge < -0.3 is 15.6 Å². The van der Waals surface area contributed by atoms with Gasteiger partial charge in [0.05, 0.1) is 12.7 Å². The van der Waals surface area contributed by atoms with Gasteiger partial charge in [0.25, 0.3) is 0 Å². The van der Waals surface area contributed by atoms with Crippen molar-refractivity contribution >= 4 is 11.8 Å². The third-order valence-corrected chi connectivity index (χ3v) is 2.40. The third-order valence-electron chi connectivity index (χ3n) is 2.40. The van der Waals surface area contributed by atoms with E-state index in [4.69, 9.17) is 5.73 Å². The highest BCUT2D eigenvalue weighted by atomic mass is 16.5. The molecule has 3 N–H and O–H groups in total. The van der Waals surface area contributed by atoms with Crippen molar-refractivity contribution in [2.24, 2.45) is 5.73 Å². The smallest absolute Gasteiger partial charge is 0.322 e. The average Bonchev–Trinajstić information content (AvgIpc) is 2.30. The van der Waals surface area contributed by atoms with Gasteiger partial charge in [0.1, 0.15) is 11.8 Å². The highest BCUT2D eigenvalue weighted by Gasteiger charge is 2.15. The van der Waals surface area contributed by atoms with Crippen LogP contribution in [0, 0.1) is 0 Å². The quantitative estimate of drug-likeness (QED) is 0.592. The van der Waals surface area contributed by atoms with Crippen LogP contribution in [0.15, 0.2) is 18.2 Å². The van der Waals surface area contributed by atoms with Crippen LogP contribution in [-0.2, 0) is 16.0 Å². The highest BCUT2D eigenvalue weighted by Crippen LogP contribution is 2.19. The maximum Gasteiger partial charge on any atom is 0.322 e. The molecule has 0 spiro atoms. The van der Waals surface area contributed by atoms with Crippen molar-refractivity contribution < 1.29 is 19.4 Å². The summed E-state index contributed by atoms with van der Waals surface area (Å²) in [5.41, 5.74) is 6.52. The molecule has 0 aliphatic heterocycles. The van der Waals surface area contributed by atoms with Crippen molar-refractivity contribution in [1.29, 1.82) is 0 Å². The summed E-state index contributed by atoms with van der Waals surface area (Å²) in [6.07, 6.45) is 0.257. The lowest BCUT2D eigenvalue weighted by Gasteiger charge is -2.10. The van der Waals surface area contributed by atoms with Gasteiger partial charge in [-0.3, -0.25) is 9.59 Å². The number of carbonyl (C=O) groups excluding carboxylic acids is 2. The summed E-state index contributed by atoms with van der Waals surface area (Å²) in [5.74, 6) is -0.827. The van der Waals surface area contributed by atoms with Crippen molar-refractivity contribution in [2.75, 3.05) is 7.11 Å². The summed E-state index contributed by atoms with van der Waals surface area (Å²) in [6.45, 7) is 1.36. The largest absolute Gasteiger partial charge is 0.507 e. The summed E-state index contributed by atoms with van der Waals surface area (Å²) in [5, 5.41) is 9.45. The molecular formula is C12H15NO4. The van der Waals surface area contributed by atoms with Crippen LogP contribution in [0.1, 0.15) is 22.8 Å². The summed E-state index contributed by atoms with van der Waals surface area (Å²) < 4.78 is 4.51. The van der Waals surface area contributed by atoms with Gasteiger partial charge in [0.2, 0.25) is 0 Å². The van der Waals surface area contributed by atoms with Gasteiger partial charge in [-0.1, -0.05) is 6.07 Å². The molecule has 0 aliphatic rings. The molecule has 0 saturated heterocycles. The van der Waals surface area contributed by atoms with Gasteiger partial charge in [-0.25, -0.2) is 0 Å². The van der Waals surface area contributed by atoms with E-state index in [1.165, 1.54) is 26.2 Å². The number of carbonyl (C=O) groups is 2. The summed E-state index contributed by atoms with van der Waals surface area (Å²) >= 11 is 0. The number of methoxy groups -OCH3 is 1. The second kappa shape index (κ2) is 5.45. The van der Waals surface area contributed by atoms with Crippen molar-refractivity contribution in [1.82, 2.24) is 0 Å². The molecule has 0 amide bonds. The van der Waals surface area contributed by atoms with Crippen molar-refractivity contribution in [3.8, 4) is 5.75 Å². The molecule has 1 unspecified atom stereocenters. The number of hydrogen-bond acceptors (Lipinski definition) is 5. The molecule has 1 rings (SSSR count). The Morgan fingerprint density at radius 3 is 2.65 bits per heavy atom. The molecule has 0 bridgehead atoms. The van der Waals surface area contributed by atoms with Crippen LogP contribution >= 0.6 is 0 Å². The molecule has 0 aromatic heterocycles. The minimum atomic E-state index is -0.774. The normalized spacial score (nSPS) is 11.9. The first-order valence-electron chi connectivity index (χ1n) is 5.12. The third kappa shape index (κ3) is 3.29. The number of ketones is 1. The van der Waals surface area contributed by atoms with Crippen LogP contribution < -0.4 is 5.73 Å². The van der Waals surface area contributed by atoms with Gasteiger partial charge in [-0.15, -0.1) is 0 Å². The second-order valence-corrected chi connectivity index (χ2v) is 3.74. The number of rotatable bonds is 4. The molecule has 5 nitrogen and oxygen atoms in total. The molecule has 0 saturated carbocycles. The van der Waals surface area contributed by atoms with Gasteiger partial charge in [-0.05, 0) is 31.0 Å². The number of phenols is 1. The van der Waals surface area contributed by atoms with Crippen LogP contribution in [0.2, 0.25) is 0 Å². The molecule has 1 atom stereocenters. The van der Waals surface area contributed by atoms with E-state index in [-0.39, 0.29) is 23.5 Å². The fourth-order valence-electron chi connectivity index (χ4n) is 1.48. The molecule has 92 valence electrons. The molecule has 0 fully saturated rings. The van der Waals surface area contributed by atoms with E-state index in [9.17, 15) is 14.7 Å². The van der Waals surface area contributed by atoms with E-state index in [0.717, 1.165) is 0 Å². The second-order valence-electron chi connectivity index (χ2n) is 3.74. The van der Waals surface area contributed by atoms with E-state index in [1.54, 1.807) is 6.07 Å². The zero-order valence-corrected chi connectivity index (χ0v) is 9.77. The zero-order valence-electron chi connectivity index (χ0n) is 9.77. The van der Waals surface area contributed by atoms with Crippen molar-refractivity contribution in [3.63, 3.8) is 0 Å². The molecule has 5 heteroatoms. The van der Waals surface area contributed by atoms with Crippen molar-refractivity contribution in [3.05, 3.63) is 29.3 Å². The lowest BCUT2D eigenvalue weighted by Crippen LogP contribution is -2.33.